The number of carbonyl (C=O) groups excluding carboxylic acids is 8. The number of benzene rings is 3. The van der Waals surface area contributed by atoms with Crippen molar-refractivity contribution in [3.8, 4) is 39.8 Å². The monoisotopic (exact) mass is 1270 g/mol. The molecule has 3 saturated heterocycles. The first-order valence-electron chi connectivity index (χ1n) is 28.1. The zero-order valence-corrected chi connectivity index (χ0v) is 48.9. The van der Waals surface area contributed by atoms with Gasteiger partial charge in [0.2, 0.25) is 41.4 Å². The second-order valence-electron chi connectivity index (χ2n) is 21.9. The third-order valence-corrected chi connectivity index (χ3v) is 15.6. The molecule has 484 valence electrons. The maximum Gasteiger partial charge on any atom is 0.446 e. The van der Waals surface area contributed by atoms with Gasteiger partial charge in [-0.05, 0) is 67.4 Å². The number of ether oxygens (including phenoxy) is 1. The zero-order chi connectivity index (χ0) is 65.3. The number of hydrogen-bond donors (Lipinski definition) is 16. The van der Waals surface area contributed by atoms with E-state index in [0.717, 1.165) is 32.3 Å². The van der Waals surface area contributed by atoms with Gasteiger partial charge in [0, 0.05) is 54.6 Å². The molecule has 3 aliphatic heterocycles. The van der Waals surface area contributed by atoms with E-state index in [0.29, 0.717) is 56.9 Å². The lowest BCUT2D eigenvalue weighted by Gasteiger charge is -2.34. The Kier molecular flexibility index (Phi) is 22.4. The Bertz CT molecular complexity index is 3340. The van der Waals surface area contributed by atoms with Gasteiger partial charge in [0.15, 0.2) is 23.5 Å². The molecule has 33 heteroatoms. The minimum Gasteiger partial charge on any atom is -0.504 e. The molecule has 0 aliphatic carbocycles. The average Bonchev–Trinajstić information content (AvgIpc) is 2.76. The predicted octanol–water partition coefficient (Wildman–Crippen LogP) is -3.90. The number of aliphatic hydroxyl groups is 8. The van der Waals surface area contributed by atoms with E-state index in [9.17, 15) is 97.3 Å². The van der Waals surface area contributed by atoms with Crippen LogP contribution in [0, 0.1) is 5.92 Å². The molecule has 3 aliphatic rings. The van der Waals surface area contributed by atoms with E-state index in [1.165, 1.54) is 31.2 Å². The van der Waals surface area contributed by atoms with Crippen molar-refractivity contribution in [1.29, 1.82) is 0 Å². The number of amides is 8. The van der Waals surface area contributed by atoms with Crippen LogP contribution in [0.4, 0.5) is 0 Å². The summed E-state index contributed by atoms with van der Waals surface area (Å²) in [7, 11) is -5.35. The number of nitrogens with two attached hydrogens (primary N) is 1. The minimum atomic E-state index is -5.35. The van der Waals surface area contributed by atoms with Crippen molar-refractivity contribution in [2.45, 2.75) is 145 Å². The van der Waals surface area contributed by atoms with Gasteiger partial charge in [-0.2, -0.15) is 8.42 Å². The number of aromatic nitrogens is 1. The molecule has 0 spiro atoms. The molecular formula is C56H71N9O23S. The highest BCUT2D eigenvalue weighted by Gasteiger charge is 2.51. The summed E-state index contributed by atoms with van der Waals surface area (Å²) in [5.74, 6) is -12.9. The van der Waals surface area contributed by atoms with Crippen LogP contribution >= 0.6 is 0 Å². The third-order valence-electron chi connectivity index (χ3n) is 15.2. The highest BCUT2D eigenvalue weighted by Crippen LogP contribution is 2.34. The molecule has 7 rings (SSSR count). The fourth-order valence-electron chi connectivity index (χ4n) is 10.3. The fraction of sp³-hybridized carbons (Fsp3) is 0.482. The molecule has 3 fully saturated rings. The first-order chi connectivity index (χ1) is 42.0. The van der Waals surface area contributed by atoms with Gasteiger partial charge in [0.1, 0.15) is 66.0 Å². The molecule has 15 atom stereocenters. The normalized spacial score (nSPS) is 26.4. The highest BCUT2D eigenvalue weighted by molar-refractivity contribution is 7.81. The van der Waals surface area contributed by atoms with Crippen molar-refractivity contribution in [2.24, 2.45) is 11.7 Å². The van der Waals surface area contributed by atoms with Crippen LogP contribution in [0.15, 0.2) is 77.3 Å². The number of phenols is 1. The largest absolute Gasteiger partial charge is 0.504 e. The third kappa shape index (κ3) is 16.9. The fourth-order valence-corrected chi connectivity index (χ4v) is 10.7. The Morgan fingerprint density at radius 2 is 1.43 bits per heavy atom. The molecule has 4 aromatic rings. The summed E-state index contributed by atoms with van der Waals surface area (Å²) < 4.78 is 48.1. The van der Waals surface area contributed by atoms with E-state index in [1.807, 2.05) is 10.6 Å². The van der Waals surface area contributed by atoms with Crippen LogP contribution in [0.1, 0.15) is 81.3 Å². The van der Waals surface area contributed by atoms with Crippen molar-refractivity contribution >= 4 is 57.7 Å². The minimum absolute atomic E-state index is 0.107. The quantitative estimate of drug-likeness (QED) is 0.0334. The van der Waals surface area contributed by atoms with Gasteiger partial charge in [0.25, 0.3) is 5.91 Å². The van der Waals surface area contributed by atoms with Gasteiger partial charge in [-0.25, -0.2) is 0 Å². The lowest BCUT2D eigenvalue weighted by molar-refractivity contribution is -0.149. The molecule has 0 bridgehead atoms. The Balaban J connectivity index is 1.22. The van der Waals surface area contributed by atoms with Crippen molar-refractivity contribution in [3.05, 3.63) is 83.9 Å². The number of carbonyl (C=O) groups is 8. The van der Waals surface area contributed by atoms with Crippen LogP contribution in [-0.4, -0.2) is 220 Å². The van der Waals surface area contributed by atoms with E-state index in [2.05, 4.69) is 32.2 Å². The smallest absolute Gasteiger partial charge is 0.446 e. The van der Waals surface area contributed by atoms with Gasteiger partial charge < -0.3 is 102 Å². The van der Waals surface area contributed by atoms with Gasteiger partial charge in [-0.15, -0.1) is 0 Å². The molecule has 8 amide bonds. The van der Waals surface area contributed by atoms with Crippen LogP contribution in [0.5, 0.6) is 17.2 Å². The number of aliphatic hydroxyl groups excluding tert-OH is 8. The molecule has 0 radical (unpaired) electrons. The second-order valence-corrected chi connectivity index (χ2v) is 22.9. The van der Waals surface area contributed by atoms with Crippen LogP contribution < -0.4 is 41.2 Å². The number of unbranched alkanes of at least 4 members (excludes halogenated alkanes) is 2. The van der Waals surface area contributed by atoms with Gasteiger partial charge in [0.05, 0.1) is 37.4 Å². The molecular weight excluding hydrogens is 1200 g/mol. The number of primary amides is 1. The Labute approximate surface area is 507 Å². The van der Waals surface area contributed by atoms with Gasteiger partial charge in [-0.3, -0.25) is 42.9 Å². The number of phenolic OH excluding ortho intramolecular Hbond substituents is 1. The number of nitrogens with zero attached hydrogens (tertiary/aromatic N) is 3. The Morgan fingerprint density at radius 1 is 0.787 bits per heavy atom. The summed E-state index contributed by atoms with van der Waals surface area (Å²) >= 11 is 0. The Morgan fingerprint density at radius 3 is 2.07 bits per heavy atom. The van der Waals surface area contributed by atoms with Gasteiger partial charge in [-0.1, -0.05) is 50.0 Å². The number of rotatable bonds is 18. The number of nitrogens with one attached hydrogen (secondary N) is 5. The van der Waals surface area contributed by atoms with E-state index in [-0.39, 0.29) is 5.56 Å². The van der Waals surface area contributed by atoms with Crippen molar-refractivity contribution < 1.29 is 111 Å². The SMILES string of the molecule is CCCCCOc1ccc(-c2cc(-c3ccc(C(=O)N[C@@H]4C[C@@H](O)[C@H](O)NC(=O)[C@@H]5[C@@H](O)[C@@H](C)CN5C(=O)[C@H]([C@H](O)CC(N)=O)NC(=O)[C@H]([C@H](O)[C@@H](O)c5ccc(O)c(OS(=O)(=O)O)c5)NC(=O)[C@@H]5C[C@@H](O)CN5C(=O)[C@H]([C@@H](C)O)NC4=O)cc3)no2)cc1. The molecule has 0 saturated carbocycles. The molecule has 1 aromatic heterocycles. The van der Waals surface area contributed by atoms with Crippen LogP contribution in [0.2, 0.25) is 0 Å². The van der Waals surface area contributed by atoms with E-state index in [1.54, 1.807) is 30.3 Å². The molecule has 32 nitrogen and oxygen atoms in total. The number of fused-ring (bicyclic) bond motifs is 2. The molecule has 17 N–H and O–H groups in total. The Hall–Kier alpha value is -8.38. The predicted molar refractivity (Wildman–Crippen MR) is 304 cm³/mol. The van der Waals surface area contributed by atoms with Crippen LogP contribution in [0.3, 0.4) is 0 Å². The molecule has 89 heavy (non-hydrogen) atoms. The van der Waals surface area contributed by atoms with Crippen LogP contribution in [0.25, 0.3) is 22.6 Å². The van der Waals surface area contributed by atoms with E-state index in [4.69, 9.17) is 15.0 Å². The topological polar surface area (TPSA) is 510 Å². The van der Waals surface area contributed by atoms with Crippen LogP contribution in [-0.2, 0) is 44.0 Å². The molecule has 3 aromatic carbocycles. The first-order valence-corrected chi connectivity index (χ1v) is 29.5. The standard InChI is InChI=1S/C56H71N9O23S/c1-4-5-6-17-86-32-14-11-28(12-15-32)39-21-33(63-87-39)27-7-9-29(10-8-27)49(75)58-34-20-38(70)52(78)62-54(80)45-46(72)25(2)23-65(45)56(82)43(37(69)22-41(57)71)60-53(79)44(48(74)47(73)30-13-16-36(68)40(18-30)88-89(83,84)85)61-51(77)35-19-31(67)24-64(35)55(81)42(26(3)66)59-50(34)76/h7-16,18,21,25-26,31,34-35,37-38,42-48,52,66-70,72-74,78H,4-6,17,19-20,22-24H2,1-3H3,(H2,57,71)(H,58,75)(H,59,76)(H,60,79)(H,61,77)(H,62,80)(H,83,84,85)/t25-,26+,31+,34+,35-,37+,38+,42-,43-,44-,45-,46-,47-,48-,52-/m0/s1. The summed E-state index contributed by atoms with van der Waals surface area (Å²) in [5.41, 5.74) is 6.17. The number of hydrogen-bond acceptors (Lipinski definition) is 23. The van der Waals surface area contributed by atoms with Crippen molar-refractivity contribution in [2.75, 3.05) is 19.7 Å². The summed E-state index contributed by atoms with van der Waals surface area (Å²) in [6.45, 7) is 3.74. The maximum atomic E-state index is 14.7. The average molecular weight is 1270 g/mol. The highest BCUT2D eigenvalue weighted by atomic mass is 32.3. The maximum absolute atomic E-state index is 14.7. The van der Waals surface area contributed by atoms with E-state index >= 15 is 0 Å². The molecule has 0 unspecified atom stereocenters. The summed E-state index contributed by atoms with van der Waals surface area (Å²) in [5, 5.41) is 116. The van der Waals surface area contributed by atoms with Crippen molar-refractivity contribution in [3.63, 3.8) is 0 Å². The lowest BCUT2D eigenvalue weighted by atomic mass is 9.96. The lowest BCUT2D eigenvalue weighted by Crippen LogP contribution is -2.64. The summed E-state index contributed by atoms with van der Waals surface area (Å²) in [4.78, 5) is 115. The molecule has 4 heterocycles. The zero-order valence-electron chi connectivity index (χ0n) is 48.1. The second kappa shape index (κ2) is 29.3. The van der Waals surface area contributed by atoms with E-state index < -0.39 is 198 Å². The summed E-state index contributed by atoms with van der Waals surface area (Å²) in [6.07, 6.45) is -17.3. The van der Waals surface area contributed by atoms with Gasteiger partial charge >= 0.3 is 10.4 Å². The number of aromatic hydroxyl groups is 1. The first kappa shape index (κ1) is 68.1. The van der Waals surface area contributed by atoms with Crippen molar-refractivity contribution in [1.82, 2.24) is 41.5 Å². The summed E-state index contributed by atoms with van der Waals surface area (Å²) in [6, 6.07) is 3.52.